The molecule has 1 saturated heterocycles. The molecule has 0 aliphatic carbocycles. The highest BCUT2D eigenvalue weighted by Crippen LogP contribution is 2.41. The molecule has 0 unspecified atom stereocenters. The third kappa shape index (κ3) is 6.09. The van der Waals surface area contributed by atoms with E-state index >= 15 is 0 Å². The zero-order chi connectivity index (χ0) is 15.1. The minimum absolute atomic E-state index is 0.604. The van der Waals surface area contributed by atoms with Gasteiger partial charge < -0.3 is 3.88 Å². The van der Waals surface area contributed by atoms with Crippen LogP contribution in [0.1, 0.15) is 67.2 Å². The van der Waals surface area contributed by atoms with Crippen molar-refractivity contribution in [2.45, 2.75) is 77.8 Å². The first-order chi connectivity index (χ1) is 9.47. The van der Waals surface area contributed by atoms with Crippen LogP contribution in [-0.2, 0) is 0 Å². The molecule has 1 nitrogen and oxygen atoms in total. The highest BCUT2D eigenvalue weighted by molar-refractivity contribution is 6.56. The average molecular weight is 295 g/mol. The Kier molecular flexibility index (Phi) is 8.80. The summed E-state index contributed by atoms with van der Waals surface area (Å²) in [6.45, 7) is 16.9. The van der Waals surface area contributed by atoms with Crippen LogP contribution in [0.4, 0.5) is 0 Å². The maximum Gasteiger partial charge on any atom is 0.373 e. The van der Waals surface area contributed by atoms with E-state index in [0.29, 0.717) is 0 Å². The van der Waals surface area contributed by atoms with Crippen molar-refractivity contribution in [1.82, 2.24) is 3.88 Å². The van der Waals surface area contributed by atoms with Gasteiger partial charge in [0, 0.05) is 0 Å². The second-order valence-corrected chi connectivity index (χ2v) is 10.8. The zero-order valence-corrected chi connectivity index (χ0v) is 16.1. The van der Waals surface area contributed by atoms with Crippen molar-refractivity contribution in [2.75, 3.05) is 13.1 Å². The Balaban J connectivity index is 2.56. The molecule has 0 aromatic heterocycles. The van der Waals surface area contributed by atoms with Crippen LogP contribution in [0.25, 0.3) is 0 Å². The molecule has 1 aliphatic rings. The van der Waals surface area contributed by atoms with E-state index in [-0.39, 0.29) is 0 Å². The molecule has 2 atom stereocenters. The molecule has 0 spiro atoms. The molecule has 0 amide bonds. The summed E-state index contributed by atoms with van der Waals surface area (Å²) < 4.78 is 2.84. The van der Waals surface area contributed by atoms with Crippen molar-refractivity contribution in [3.05, 3.63) is 0 Å². The normalized spacial score (nSPS) is 23.6. The van der Waals surface area contributed by atoms with Gasteiger partial charge in [0.2, 0.25) is 0 Å². The van der Waals surface area contributed by atoms with Gasteiger partial charge in [0.05, 0.1) is 0 Å². The molecular formula is C18H38AlN. The van der Waals surface area contributed by atoms with Gasteiger partial charge in [0.1, 0.15) is 0 Å². The van der Waals surface area contributed by atoms with Crippen LogP contribution in [0.15, 0.2) is 0 Å². The maximum atomic E-state index is 2.84. The molecule has 1 rings (SSSR count). The fraction of sp³-hybridized carbons (Fsp3) is 1.00. The first-order valence-corrected chi connectivity index (χ1v) is 11.4. The Morgan fingerprint density at radius 1 is 0.850 bits per heavy atom. The van der Waals surface area contributed by atoms with Gasteiger partial charge in [0.25, 0.3) is 0 Å². The van der Waals surface area contributed by atoms with Crippen LogP contribution in [0.5, 0.6) is 0 Å². The SMILES string of the molecule is CC[N](CC)[Al]1[CH2][C@@H](CCC(C)C)[C@H](CCC(C)C)[CH2]1. The third-order valence-electron chi connectivity index (χ3n) is 5.37. The van der Waals surface area contributed by atoms with Crippen LogP contribution in [0, 0.1) is 23.7 Å². The average Bonchev–Trinajstić information content (AvgIpc) is 2.78. The van der Waals surface area contributed by atoms with Crippen molar-refractivity contribution in [3.63, 3.8) is 0 Å². The largest absolute Gasteiger partial charge is 0.385 e. The highest BCUT2D eigenvalue weighted by Gasteiger charge is 2.40. The lowest BCUT2D eigenvalue weighted by Gasteiger charge is -2.22. The Hall–Kier alpha value is 0.492. The lowest BCUT2D eigenvalue weighted by atomic mass is 9.85. The molecule has 0 radical (unpaired) electrons. The molecule has 0 saturated carbocycles. The standard InChI is InChI=1S/C14H28.C4H10N.Al/c1-11(2)7-9-13(5)14(6)10-8-12(3)4;1-3-5-4-2;/h11-14H,5-10H2,1-4H3;3-4H2,1-2H3;/q;-1;+1/t13-,14-;;/m0../s1. The van der Waals surface area contributed by atoms with Gasteiger partial charge in [0.15, 0.2) is 0 Å². The van der Waals surface area contributed by atoms with Crippen molar-refractivity contribution in [3.8, 4) is 0 Å². The number of nitrogens with zero attached hydrogens (tertiary/aromatic N) is 1. The summed E-state index contributed by atoms with van der Waals surface area (Å²) in [6, 6.07) is 0. The predicted molar refractivity (Wildman–Crippen MR) is 93.4 cm³/mol. The smallest absolute Gasteiger partial charge is 0.373 e. The van der Waals surface area contributed by atoms with Crippen molar-refractivity contribution < 1.29 is 0 Å². The monoisotopic (exact) mass is 295 g/mol. The summed E-state index contributed by atoms with van der Waals surface area (Å²) in [4.78, 5) is 0. The van der Waals surface area contributed by atoms with Gasteiger partial charge in [-0.1, -0.05) is 89.6 Å². The molecule has 0 aromatic carbocycles. The van der Waals surface area contributed by atoms with Gasteiger partial charge in [-0.2, -0.15) is 0 Å². The van der Waals surface area contributed by atoms with E-state index in [0.717, 1.165) is 23.7 Å². The minimum atomic E-state index is -0.604. The molecule has 1 heterocycles. The van der Waals surface area contributed by atoms with Crippen LogP contribution in [0.3, 0.4) is 0 Å². The molecule has 2 heteroatoms. The van der Waals surface area contributed by atoms with Crippen LogP contribution in [-0.4, -0.2) is 31.3 Å². The first kappa shape index (κ1) is 18.5. The summed E-state index contributed by atoms with van der Waals surface area (Å²) in [7, 11) is 0. The molecule has 1 aliphatic heterocycles. The van der Waals surface area contributed by atoms with Crippen molar-refractivity contribution >= 4 is 14.4 Å². The Morgan fingerprint density at radius 3 is 1.55 bits per heavy atom. The number of hydrogen-bond acceptors (Lipinski definition) is 1. The zero-order valence-electron chi connectivity index (χ0n) is 15.0. The summed E-state index contributed by atoms with van der Waals surface area (Å²) >= 11 is -0.604. The Morgan fingerprint density at radius 2 is 1.25 bits per heavy atom. The molecule has 1 fully saturated rings. The Labute approximate surface area is 133 Å². The summed E-state index contributed by atoms with van der Waals surface area (Å²) in [5, 5.41) is 3.22. The van der Waals surface area contributed by atoms with E-state index in [4.69, 9.17) is 0 Å². The van der Waals surface area contributed by atoms with E-state index in [1.807, 2.05) is 0 Å². The van der Waals surface area contributed by atoms with Crippen molar-refractivity contribution in [1.29, 1.82) is 0 Å². The van der Waals surface area contributed by atoms with Gasteiger partial charge in [-0.05, 0) is 24.9 Å². The molecule has 0 N–H and O–H groups in total. The van der Waals surface area contributed by atoms with E-state index < -0.39 is 14.4 Å². The van der Waals surface area contributed by atoms with E-state index in [1.54, 1.807) is 10.6 Å². The van der Waals surface area contributed by atoms with Gasteiger partial charge in [-0.15, -0.1) is 0 Å². The lowest BCUT2D eigenvalue weighted by molar-refractivity contribution is 0.320. The first-order valence-electron chi connectivity index (χ1n) is 9.21. The Bertz CT molecular complexity index is 228. The van der Waals surface area contributed by atoms with Crippen LogP contribution < -0.4 is 0 Å². The number of hydrogen-bond donors (Lipinski definition) is 0. The highest BCUT2D eigenvalue weighted by atomic mass is 27.2. The summed E-state index contributed by atoms with van der Waals surface area (Å²) in [6.07, 6.45) is 5.90. The topological polar surface area (TPSA) is 3.24 Å². The van der Waals surface area contributed by atoms with E-state index in [1.165, 1.54) is 38.8 Å². The van der Waals surface area contributed by atoms with Gasteiger partial charge in [-0.3, -0.25) is 0 Å². The van der Waals surface area contributed by atoms with Crippen LogP contribution in [0.2, 0.25) is 10.6 Å². The minimum Gasteiger partial charge on any atom is -0.385 e. The second-order valence-electron chi connectivity index (χ2n) is 7.81. The third-order valence-corrected chi connectivity index (χ3v) is 9.44. The maximum absolute atomic E-state index is 2.84. The lowest BCUT2D eigenvalue weighted by Crippen LogP contribution is -2.37. The quantitative estimate of drug-likeness (QED) is 0.512. The molecule has 0 aromatic rings. The summed E-state index contributed by atoms with van der Waals surface area (Å²) in [5.41, 5.74) is 0. The fourth-order valence-electron chi connectivity index (χ4n) is 4.02. The number of rotatable bonds is 9. The molecule has 20 heavy (non-hydrogen) atoms. The predicted octanol–water partition coefficient (Wildman–Crippen LogP) is 5.44. The molecule has 118 valence electrons. The van der Waals surface area contributed by atoms with Crippen LogP contribution >= 0.6 is 0 Å². The van der Waals surface area contributed by atoms with E-state index in [2.05, 4.69) is 45.4 Å². The van der Waals surface area contributed by atoms with Crippen molar-refractivity contribution in [2.24, 2.45) is 23.7 Å². The van der Waals surface area contributed by atoms with Gasteiger partial charge in [-0.25, -0.2) is 0 Å². The van der Waals surface area contributed by atoms with Gasteiger partial charge >= 0.3 is 14.4 Å². The fourth-order valence-corrected chi connectivity index (χ4v) is 8.48. The molecule has 0 bridgehead atoms. The molecular weight excluding hydrogens is 257 g/mol. The summed E-state index contributed by atoms with van der Waals surface area (Å²) in [5.74, 6) is 3.90. The van der Waals surface area contributed by atoms with E-state index in [9.17, 15) is 0 Å². The second kappa shape index (κ2) is 9.50.